The van der Waals surface area contributed by atoms with Crippen LogP contribution in [0.2, 0.25) is 0 Å². The summed E-state index contributed by atoms with van der Waals surface area (Å²) in [7, 11) is 3.46. The molecule has 35 heavy (non-hydrogen) atoms. The van der Waals surface area contributed by atoms with Crippen molar-refractivity contribution in [3.63, 3.8) is 0 Å². The summed E-state index contributed by atoms with van der Waals surface area (Å²) in [5.41, 5.74) is 4.60. The lowest BCUT2D eigenvalue weighted by atomic mass is 10.0. The Morgan fingerprint density at radius 3 is 2.77 bits per heavy atom. The highest BCUT2D eigenvalue weighted by Gasteiger charge is 2.24. The van der Waals surface area contributed by atoms with Gasteiger partial charge in [-0.1, -0.05) is 18.2 Å². The van der Waals surface area contributed by atoms with Gasteiger partial charge in [-0.05, 0) is 24.6 Å². The summed E-state index contributed by atoms with van der Waals surface area (Å²) in [6.07, 6.45) is 6.82. The second-order valence-corrected chi connectivity index (χ2v) is 8.47. The van der Waals surface area contributed by atoms with Gasteiger partial charge in [0, 0.05) is 61.0 Å². The van der Waals surface area contributed by atoms with Crippen LogP contribution in [0.15, 0.2) is 61.2 Å². The summed E-state index contributed by atoms with van der Waals surface area (Å²) in [6, 6.07) is 10.6. The minimum Gasteiger partial charge on any atom is -0.361 e. The number of carbonyl (C=O) groups is 1. The average molecular weight is 492 g/mol. The number of para-hydroxylation sites is 1. The Bertz CT molecular complexity index is 1510. The number of fused-ring (bicyclic) bond motifs is 2. The molecule has 8 nitrogen and oxygen atoms in total. The molecule has 5 rings (SSSR count). The van der Waals surface area contributed by atoms with Crippen molar-refractivity contribution in [1.82, 2.24) is 29.5 Å². The molecule has 0 bridgehead atoms. The largest absolute Gasteiger partial charge is 0.361 e. The molecule has 180 valence electrons. The topological polar surface area (TPSA) is 91.2 Å². The number of carbonyl (C=O) groups excluding carboxylic acids is 1. The van der Waals surface area contributed by atoms with Gasteiger partial charge in [0.1, 0.15) is 17.7 Å². The molecule has 0 aliphatic carbocycles. The number of aryl methyl sites for hydroxylation is 1. The van der Waals surface area contributed by atoms with E-state index in [4.69, 9.17) is 0 Å². The van der Waals surface area contributed by atoms with E-state index in [1.165, 1.54) is 6.07 Å². The van der Waals surface area contributed by atoms with E-state index in [0.29, 0.717) is 29.1 Å². The number of rotatable bonds is 6. The molecule has 0 saturated carbocycles. The first kappa shape index (κ1) is 24.2. The molecule has 4 heterocycles. The average Bonchev–Trinajstić information content (AvgIpc) is 3.41. The van der Waals surface area contributed by atoms with Gasteiger partial charge in [0.25, 0.3) is 0 Å². The van der Waals surface area contributed by atoms with Crippen LogP contribution in [-0.2, 0) is 11.2 Å². The first-order valence-electron chi connectivity index (χ1n) is 10.9. The molecule has 0 fully saturated rings. The number of aromatic nitrogens is 5. The summed E-state index contributed by atoms with van der Waals surface area (Å²) < 4.78 is 15.5. The smallest absolute Gasteiger partial charge is 0.244 e. The SMILES string of the molecule is Cc1cnn2c(NC(Cc3c[nH]c4ccccc34)C(=O)N(C)C)cc(-c3cncc(F)c3)nc12.S. The number of benzene rings is 1. The third-order valence-corrected chi connectivity index (χ3v) is 5.81. The maximum absolute atomic E-state index is 13.9. The van der Waals surface area contributed by atoms with E-state index in [2.05, 4.69) is 25.4 Å². The highest BCUT2D eigenvalue weighted by molar-refractivity contribution is 7.59. The van der Waals surface area contributed by atoms with Crippen LogP contribution in [0.1, 0.15) is 11.1 Å². The molecule has 5 aromatic rings. The van der Waals surface area contributed by atoms with Crippen LogP contribution >= 0.6 is 13.5 Å². The Labute approximate surface area is 208 Å². The third-order valence-electron chi connectivity index (χ3n) is 5.81. The first-order valence-corrected chi connectivity index (χ1v) is 10.9. The van der Waals surface area contributed by atoms with Gasteiger partial charge in [-0.15, -0.1) is 0 Å². The normalized spacial score (nSPS) is 11.9. The van der Waals surface area contributed by atoms with E-state index in [1.54, 1.807) is 42.0 Å². The van der Waals surface area contributed by atoms with Crippen molar-refractivity contribution in [3.8, 4) is 11.3 Å². The Hall–Kier alpha value is -3.92. The number of likely N-dealkylation sites (N-methyl/N-ethyl adjacent to an activating group) is 1. The number of anilines is 1. The van der Waals surface area contributed by atoms with Gasteiger partial charge in [-0.2, -0.15) is 23.1 Å². The molecule has 0 spiro atoms. The van der Waals surface area contributed by atoms with E-state index in [-0.39, 0.29) is 19.4 Å². The van der Waals surface area contributed by atoms with Crippen molar-refractivity contribution < 1.29 is 9.18 Å². The molecule has 1 aromatic carbocycles. The summed E-state index contributed by atoms with van der Waals surface area (Å²) in [4.78, 5) is 26.7. The van der Waals surface area contributed by atoms with Gasteiger partial charge in [0.05, 0.1) is 18.1 Å². The van der Waals surface area contributed by atoms with E-state index in [9.17, 15) is 9.18 Å². The Balaban J connectivity index is 0.00000289. The van der Waals surface area contributed by atoms with Crippen LogP contribution in [0.5, 0.6) is 0 Å². The van der Waals surface area contributed by atoms with Crippen LogP contribution in [0.25, 0.3) is 27.8 Å². The first-order chi connectivity index (χ1) is 16.4. The standard InChI is InChI=1S/C25H24FN7O.H2S/c1-15-11-29-33-23(10-21(31-24(15)33)17-8-18(26)14-27-12-17)30-22(25(34)32(2)3)9-16-13-28-20-7-5-4-6-19(16)20;/h4-8,10-14,22,28,30H,9H2,1-3H3;1H2. The Morgan fingerprint density at radius 2 is 2.00 bits per heavy atom. The van der Waals surface area contributed by atoms with E-state index in [1.807, 2.05) is 37.4 Å². The van der Waals surface area contributed by atoms with Gasteiger partial charge >= 0.3 is 0 Å². The summed E-state index contributed by atoms with van der Waals surface area (Å²) in [6.45, 7) is 1.90. The lowest BCUT2D eigenvalue weighted by molar-refractivity contribution is -0.129. The van der Waals surface area contributed by atoms with Crippen LogP contribution in [0.3, 0.4) is 0 Å². The minimum atomic E-state index is -0.567. The fourth-order valence-electron chi connectivity index (χ4n) is 4.09. The minimum absolute atomic E-state index is 0. The van der Waals surface area contributed by atoms with E-state index in [0.717, 1.165) is 28.2 Å². The Morgan fingerprint density at radius 1 is 1.20 bits per heavy atom. The molecule has 0 saturated heterocycles. The molecule has 1 unspecified atom stereocenters. The summed E-state index contributed by atoms with van der Waals surface area (Å²) in [5.74, 6) is 0.0596. The molecule has 0 aliphatic heterocycles. The zero-order valence-corrected chi connectivity index (χ0v) is 20.6. The Kier molecular flexibility index (Phi) is 6.74. The van der Waals surface area contributed by atoms with Gasteiger partial charge in [0.2, 0.25) is 5.91 Å². The number of H-pyrrole nitrogens is 1. The van der Waals surface area contributed by atoms with Gasteiger partial charge in [0.15, 0.2) is 5.65 Å². The number of amides is 1. The zero-order valence-electron chi connectivity index (χ0n) is 19.6. The van der Waals surface area contributed by atoms with Gasteiger partial charge in [-0.25, -0.2) is 9.37 Å². The highest BCUT2D eigenvalue weighted by atomic mass is 32.1. The fraction of sp³-hybridized carbons (Fsp3) is 0.200. The predicted molar refractivity (Wildman–Crippen MR) is 139 cm³/mol. The molecule has 1 amide bonds. The number of nitrogens with zero attached hydrogens (tertiary/aromatic N) is 5. The summed E-state index contributed by atoms with van der Waals surface area (Å²) in [5, 5.41) is 8.90. The van der Waals surface area contributed by atoms with Crippen molar-refractivity contribution in [1.29, 1.82) is 0 Å². The lowest BCUT2D eigenvalue weighted by Gasteiger charge is -2.23. The van der Waals surface area contributed by atoms with E-state index < -0.39 is 11.9 Å². The molecular formula is C25H26FN7OS. The number of hydrogen-bond donors (Lipinski definition) is 2. The van der Waals surface area contributed by atoms with Crippen molar-refractivity contribution in [2.45, 2.75) is 19.4 Å². The number of nitrogens with one attached hydrogen (secondary N) is 2. The van der Waals surface area contributed by atoms with Gasteiger partial charge in [-0.3, -0.25) is 9.78 Å². The third kappa shape index (κ3) is 4.69. The van der Waals surface area contributed by atoms with Crippen LogP contribution < -0.4 is 5.32 Å². The highest BCUT2D eigenvalue weighted by Crippen LogP contribution is 2.26. The van der Waals surface area contributed by atoms with Crippen LogP contribution in [-0.4, -0.2) is 55.5 Å². The molecule has 0 aliphatic rings. The fourth-order valence-corrected chi connectivity index (χ4v) is 4.09. The van der Waals surface area contributed by atoms with Crippen LogP contribution in [0, 0.1) is 12.7 Å². The van der Waals surface area contributed by atoms with E-state index >= 15 is 0 Å². The summed E-state index contributed by atoms with van der Waals surface area (Å²) >= 11 is 0. The molecule has 1 atom stereocenters. The molecular weight excluding hydrogens is 465 g/mol. The maximum Gasteiger partial charge on any atom is 0.244 e. The molecule has 0 radical (unpaired) electrons. The number of aromatic amines is 1. The molecule has 4 aromatic heterocycles. The molecule has 10 heteroatoms. The van der Waals surface area contributed by atoms with Crippen molar-refractivity contribution in [3.05, 3.63) is 78.1 Å². The number of pyridine rings is 1. The van der Waals surface area contributed by atoms with Crippen molar-refractivity contribution in [2.75, 3.05) is 19.4 Å². The maximum atomic E-state index is 13.9. The number of halogens is 1. The predicted octanol–water partition coefficient (Wildman–Crippen LogP) is 3.94. The lowest BCUT2D eigenvalue weighted by Crippen LogP contribution is -2.40. The van der Waals surface area contributed by atoms with Gasteiger partial charge < -0.3 is 15.2 Å². The monoisotopic (exact) mass is 491 g/mol. The van der Waals surface area contributed by atoms with Crippen molar-refractivity contribution >= 4 is 41.8 Å². The molecule has 2 N–H and O–H groups in total. The number of hydrogen-bond acceptors (Lipinski definition) is 5. The zero-order chi connectivity index (χ0) is 23.8. The second-order valence-electron chi connectivity index (χ2n) is 8.47. The second kappa shape index (κ2) is 9.75. The van der Waals surface area contributed by atoms with Crippen LogP contribution in [0.4, 0.5) is 10.2 Å². The quantitative estimate of drug-likeness (QED) is 0.375. The van der Waals surface area contributed by atoms with Crippen molar-refractivity contribution in [2.24, 2.45) is 0 Å².